The van der Waals surface area contributed by atoms with Crippen LogP contribution in [0.5, 0.6) is 0 Å². The van der Waals surface area contributed by atoms with E-state index in [1.807, 2.05) is 13.0 Å². The van der Waals surface area contributed by atoms with Crippen LogP contribution in [0, 0.1) is 17.7 Å². The summed E-state index contributed by atoms with van der Waals surface area (Å²) in [7, 11) is 0. The molecule has 1 aromatic rings. The van der Waals surface area contributed by atoms with E-state index in [1.54, 1.807) is 11.0 Å². The molecule has 2 amide bonds. The van der Waals surface area contributed by atoms with Crippen LogP contribution in [0.1, 0.15) is 59.3 Å². The lowest BCUT2D eigenvalue weighted by Gasteiger charge is -2.49. The number of carbonyl (C=O) groups is 1. The lowest BCUT2D eigenvalue weighted by Crippen LogP contribution is -2.64. The van der Waals surface area contributed by atoms with Gasteiger partial charge in [-0.2, -0.15) is 4.99 Å². The molecule has 0 saturated carbocycles. The maximum Gasteiger partial charge on any atom is 0.350 e. The Morgan fingerprint density at radius 1 is 1.32 bits per heavy atom. The van der Waals surface area contributed by atoms with Crippen LogP contribution in [0.15, 0.2) is 29.3 Å². The molecular weight excluding hydrogens is 391 g/mol. The molecule has 0 aliphatic carbocycles. The Morgan fingerprint density at radius 2 is 2.16 bits per heavy atom. The molecule has 0 N–H and O–H groups in total. The summed E-state index contributed by atoms with van der Waals surface area (Å²) in [6.07, 6.45) is 6.04. The number of amides is 2. The van der Waals surface area contributed by atoms with E-state index in [1.165, 1.54) is 12.1 Å². The molecule has 2 saturated heterocycles. The summed E-state index contributed by atoms with van der Waals surface area (Å²) in [5.74, 6) is 6.75. The Balaban J connectivity index is 1.73. The molecule has 1 unspecified atom stereocenters. The number of likely N-dealkylation sites (tertiary alicyclic amines) is 2. The average Bonchev–Trinajstić information content (AvgIpc) is 3.30. The van der Waals surface area contributed by atoms with E-state index in [0.29, 0.717) is 11.7 Å². The second-order valence-electron chi connectivity index (χ2n) is 9.04. The van der Waals surface area contributed by atoms with Crippen LogP contribution in [-0.4, -0.2) is 58.9 Å². The zero-order valence-corrected chi connectivity index (χ0v) is 18.9. The molecular formula is C25H33FN4O. The number of aliphatic imine (C=N–C) groups is 1. The first-order chi connectivity index (χ1) is 15.0. The van der Waals surface area contributed by atoms with Crippen molar-refractivity contribution >= 4 is 17.6 Å². The average molecular weight is 425 g/mol. The van der Waals surface area contributed by atoms with Gasteiger partial charge < -0.3 is 4.90 Å². The smallest absolute Gasteiger partial charge is 0.350 e. The Kier molecular flexibility index (Phi) is 6.34. The van der Waals surface area contributed by atoms with Gasteiger partial charge in [0.1, 0.15) is 17.2 Å². The van der Waals surface area contributed by atoms with Crippen molar-refractivity contribution in [1.29, 1.82) is 0 Å². The van der Waals surface area contributed by atoms with E-state index in [2.05, 4.69) is 40.5 Å². The molecule has 1 spiro atoms. The molecule has 4 rings (SSSR count). The third-order valence-corrected chi connectivity index (χ3v) is 7.10. The van der Waals surface area contributed by atoms with Gasteiger partial charge in [0.15, 0.2) is 0 Å². The van der Waals surface area contributed by atoms with Crippen molar-refractivity contribution in [3.63, 3.8) is 0 Å². The first-order valence-corrected chi connectivity index (χ1v) is 11.6. The van der Waals surface area contributed by atoms with Crippen LogP contribution in [-0.2, 0) is 0 Å². The van der Waals surface area contributed by atoms with Crippen LogP contribution < -0.4 is 4.90 Å². The van der Waals surface area contributed by atoms with E-state index in [9.17, 15) is 9.18 Å². The van der Waals surface area contributed by atoms with Crippen molar-refractivity contribution < 1.29 is 9.18 Å². The molecule has 6 heteroatoms. The summed E-state index contributed by atoms with van der Waals surface area (Å²) in [5.41, 5.74) is 0.0699. The Morgan fingerprint density at radius 3 is 2.87 bits per heavy atom. The highest BCUT2D eigenvalue weighted by Crippen LogP contribution is 2.43. The van der Waals surface area contributed by atoms with Gasteiger partial charge >= 0.3 is 6.03 Å². The number of anilines is 1. The van der Waals surface area contributed by atoms with Crippen molar-refractivity contribution in [2.24, 2.45) is 4.99 Å². The van der Waals surface area contributed by atoms with Crippen molar-refractivity contribution in [2.75, 3.05) is 24.5 Å². The predicted octanol–water partition coefficient (Wildman–Crippen LogP) is 4.68. The molecule has 2 fully saturated rings. The van der Waals surface area contributed by atoms with Gasteiger partial charge in [0.2, 0.25) is 0 Å². The highest BCUT2D eigenvalue weighted by molar-refractivity contribution is 6.16. The van der Waals surface area contributed by atoms with Gasteiger partial charge in [0, 0.05) is 30.9 Å². The van der Waals surface area contributed by atoms with Crippen molar-refractivity contribution in [2.45, 2.75) is 76.9 Å². The van der Waals surface area contributed by atoms with Gasteiger partial charge in [-0.05, 0) is 64.2 Å². The number of carbonyl (C=O) groups excluding carboxylic acids is 1. The second-order valence-corrected chi connectivity index (χ2v) is 9.04. The molecule has 1 aromatic carbocycles. The predicted molar refractivity (Wildman–Crippen MR) is 123 cm³/mol. The topological polar surface area (TPSA) is 39.1 Å². The fourth-order valence-corrected chi connectivity index (χ4v) is 5.67. The molecule has 0 bridgehead atoms. The number of halogens is 1. The number of hydrogen-bond donors (Lipinski definition) is 0. The molecule has 3 atom stereocenters. The summed E-state index contributed by atoms with van der Waals surface area (Å²) < 4.78 is 14.1. The number of urea groups is 1. The fourth-order valence-electron chi connectivity index (χ4n) is 5.67. The van der Waals surface area contributed by atoms with Crippen molar-refractivity contribution in [1.82, 2.24) is 9.80 Å². The molecule has 0 radical (unpaired) electrons. The number of rotatable bonds is 4. The van der Waals surface area contributed by atoms with E-state index < -0.39 is 5.54 Å². The largest absolute Gasteiger partial charge is 0.355 e. The number of benzene rings is 1. The molecule has 3 aliphatic rings. The second kappa shape index (κ2) is 9.00. The van der Waals surface area contributed by atoms with Crippen molar-refractivity contribution in [3.8, 4) is 11.8 Å². The highest BCUT2D eigenvalue weighted by Gasteiger charge is 2.56. The molecule has 0 aromatic heterocycles. The highest BCUT2D eigenvalue weighted by atomic mass is 19.1. The van der Waals surface area contributed by atoms with Gasteiger partial charge in [-0.1, -0.05) is 25.3 Å². The van der Waals surface area contributed by atoms with Crippen LogP contribution in [0.4, 0.5) is 14.9 Å². The van der Waals surface area contributed by atoms with E-state index in [4.69, 9.17) is 0 Å². The van der Waals surface area contributed by atoms with Crippen LogP contribution in [0.3, 0.4) is 0 Å². The lowest BCUT2D eigenvalue weighted by molar-refractivity contribution is 0.140. The Bertz CT molecular complexity index is 920. The number of piperidine rings is 1. The number of nitrogens with zero attached hydrogens (tertiary/aromatic N) is 4. The summed E-state index contributed by atoms with van der Waals surface area (Å²) >= 11 is 0. The summed E-state index contributed by atoms with van der Waals surface area (Å²) in [6.45, 7) is 8.78. The van der Waals surface area contributed by atoms with Gasteiger partial charge in [0.05, 0.1) is 6.54 Å². The maximum atomic E-state index is 14.1. The van der Waals surface area contributed by atoms with Crippen LogP contribution in [0.2, 0.25) is 0 Å². The normalized spacial score (nSPS) is 28.8. The summed E-state index contributed by atoms with van der Waals surface area (Å²) in [4.78, 5) is 24.5. The Hall–Kier alpha value is -2.39. The standard InChI is InChI=1S/C25H33FN4O/c1-4-6-14-28-16-13-25(18-19(28)3)23(29-15-8-12-21(29)9-5-2)27-24(31)30(25)22-11-7-10-20(26)17-22/h7,10-11,17,19,21H,5,8-9,12-16,18H2,1-3H3/t19-,21?,25-/m1/s1. The van der Waals surface area contributed by atoms with Gasteiger partial charge in [0.25, 0.3) is 0 Å². The quantitative estimate of drug-likeness (QED) is 0.659. The zero-order chi connectivity index (χ0) is 22.0. The summed E-state index contributed by atoms with van der Waals surface area (Å²) in [6, 6.07) is 6.80. The number of hydrogen-bond acceptors (Lipinski definition) is 3. The first-order valence-electron chi connectivity index (χ1n) is 11.6. The third kappa shape index (κ3) is 3.96. The first kappa shape index (κ1) is 21.8. The lowest BCUT2D eigenvalue weighted by atomic mass is 9.80. The number of amidine groups is 1. The molecule has 3 aliphatic heterocycles. The van der Waals surface area contributed by atoms with E-state index >= 15 is 0 Å². The minimum atomic E-state index is -0.531. The van der Waals surface area contributed by atoms with Crippen LogP contribution >= 0.6 is 0 Å². The fraction of sp³-hybridized carbons (Fsp3) is 0.600. The van der Waals surface area contributed by atoms with Gasteiger partial charge in [-0.25, -0.2) is 9.18 Å². The summed E-state index contributed by atoms with van der Waals surface area (Å²) in [5, 5.41) is 0. The third-order valence-electron chi connectivity index (χ3n) is 7.10. The SMILES string of the molecule is CC#CCN1CC[C@@]2(C[C@H]1C)C(N1CCCC1CCC)=NC(=O)N2c1cccc(F)c1. The minimum Gasteiger partial charge on any atom is -0.355 e. The van der Waals surface area contributed by atoms with E-state index in [0.717, 1.165) is 64.0 Å². The monoisotopic (exact) mass is 424 g/mol. The van der Waals surface area contributed by atoms with Gasteiger partial charge in [-0.3, -0.25) is 9.80 Å². The maximum absolute atomic E-state index is 14.1. The molecule has 166 valence electrons. The van der Waals surface area contributed by atoms with Crippen molar-refractivity contribution in [3.05, 3.63) is 30.1 Å². The van der Waals surface area contributed by atoms with Gasteiger partial charge in [-0.15, -0.1) is 5.92 Å². The van der Waals surface area contributed by atoms with Crippen LogP contribution in [0.25, 0.3) is 0 Å². The molecule has 5 nitrogen and oxygen atoms in total. The molecule has 31 heavy (non-hydrogen) atoms. The molecule has 3 heterocycles. The Labute approximate surface area is 185 Å². The minimum absolute atomic E-state index is 0.244. The zero-order valence-electron chi connectivity index (χ0n) is 18.9. The van der Waals surface area contributed by atoms with E-state index in [-0.39, 0.29) is 17.9 Å².